The zero-order valence-corrected chi connectivity index (χ0v) is 10.8. The molecule has 0 unspecified atom stereocenters. The molecule has 0 aliphatic rings. The van der Waals surface area contributed by atoms with Crippen LogP contribution in [0.2, 0.25) is 0 Å². The van der Waals surface area contributed by atoms with Crippen molar-refractivity contribution in [2.45, 2.75) is 18.5 Å². The van der Waals surface area contributed by atoms with E-state index in [1.54, 1.807) is 0 Å². The summed E-state index contributed by atoms with van der Waals surface area (Å²) in [6.07, 6.45) is 0.838. The van der Waals surface area contributed by atoms with Gasteiger partial charge in [0.15, 0.2) is 5.16 Å². The minimum absolute atomic E-state index is 0.0187. The first kappa shape index (κ1) is 12.7. The Kier molecular flexibility index (Phi) is 4.04. The number of thioether (sulfide) groups is 1. The Balaban J connectivity index is 2.27. The number of hydrogen-bond acceptors (Lipinski definition) is 3. The van der Waals surface area contributed by atoms with Crippen LogP contribution >= 0.6 is 11.8 Å². The van der Waals surface area contributed by atoms with Crippen molar-refractivity contribution in [2.75, 3.05) is 5.75 Å². The SMILES string of the molecule is CCc1[nH]c(SCC(=O)O)nc1-c1ccccc1. The molecule has 1 aromatic heterocycles. The number of hydrogen-bond donors (Lipinski definition) is 2. The Labute approximate surface area is 109 Å². The van der Waals surface area contributed by atoms with Crippen LogP contribution in [0.15, 0.2) is 35.5 Å². The summed E-state index contributed by atoms with van der Waals surface area (Å²) in [5.41, 5.74) is 2.99. The van der Waals surface area contributed by atoms with Gasteiger partial charge in [0.2, 0.25) is 0 Å². The normalized spacial score (nSPS) is 10.5. The first-order valence-electron chi connectivity index (χ1n) is 5.69. The van der Waals surface area contributed by atoms with Crippen molar-refractivity contribution >= 4 is 17.7 Å². The highest BCUT2D eigenvalue weighted by Gasteiger charge is 2.11. The Morgan fingerprint density at radius 3 is 2.72 bits per heavy atom. The molecule has 2 aromatic rings. The van der Waals surface area contributed by atoms with Crippen molar-refractivity contribution in [3.05, 3.63) is 36.0 Å². The number of rotatable bonds is 5. The number of carbonyl (C=O) groups is 1. The van der Waals surface area contributed by atoms with Gasteiger partial charge in [-0.05, 0) is 6.42 Å². The van der Waals surface area contributed by atoms with Gasteiger partial charge in [-0.2, -0.15) is 0 Å². The third-order valence-corrected chi connectivity index (χ3v) is 3.35. The number of imidazole rings is 1. The Hall–Kier alpha value is -1.75. The van der Waals surface area contributed by atoms with E-state index < -0.39 is 5.97 Å². The molecule has 18 heavy (non-hydrogen) atoms. The summed E-state index contributed by atoms with van der Waals surface area (Å²) in [5, 5.41) is 9.32. The van der Waals surface area contributed by atoms with Gasteiger partial charge in [-0.1, -0.05) is 49.0 Å². The molecule has 4 nitrogen and oxygen atoms in total. The lowest BCUT2D eigenvalue weighted by Crippen LogP contribution is -1.97. The van der Waals surface area contributed by atoms with Crippen LogP contribution in [0.5, 0.6) is 0 Å². The lowest BCUT2D eigenvalue weighted by molar-refractivity contribution is -0.133. The van der Waals surface area contributed by atoms with Crippen LogP contribution in [0.4, 0.5) is 0 Å². The summed E-state index contributed by atoms with van der Waals surface area (Å²) in [7, 11) is 0. The van der Waals surface area contributed by atoms with Gasteiger partial charge < -0.3 is 10.1 Å². The van der Waals surface area contributed by atoms with E-state index >= 15 is 0 Å². The molecule has 0 amide bonds. The highest BCUT2D eigenvalue weighted by molar-refractivity contribution is 7.99. The van der Waals surface area contributed by atoms with Crippen molar-refractivity contribution < 1.29 is 9.90 Å². The molecule has 0 saturated carbocycles. The van der Waals surface area contributed by atoms with Crippen molar-refractivity contribution in [1.82, 2.24) is 9.97 Å². The smallest absolute Gasteiger partial charge is 0.313 e. The van der Waals surface area contributed by atoms with E-state index in [2.05, 4.69) is 9.97 Å². The number of nitrogens with one attached hydrogen (secondary N) is 1. The average Bonchev–Trinajstić information content (AvgIpc) is 2.80. The summed E-state index contributed by atoms with van der Waals surface area (Å²) >= 11 is 1.21. The second-order valence-electron chi connectivity index (χ2n) is 3.77. The fourth-order valence-corrected chi connectivity index (χ4v) is 2.29. The second-order valence-corrected chi connectivity index (χ2v) is 4.74. The number of carboxylic acids is 1. The number of H-pyrrole nitrogens is 1. The van der Waals surface area contributed by atoms with E-state index in [0.717, 1.165) is 23.4 Å². The van der Waals surface area contributed by atoms with Gasteiger partial charge in [-0.25, -0.2) is 4.98 Å². The van der Waals surface area contributed by atoms with Crippen molar-refractivity contribution in [3.63, 3.8) is 0 Å². The third-order valence-electron chi connectivity index (χ3n) is 2.49. The van der Waals surface area contributed by atoms with Gasteiger partial charge in [0.25, 0.3) is 0 Å². The molecule has 0 aliphatic heterocycles. The van der Waals surface area contributed by atoms with Gasteiger partial charge in [0.05, 0.1) is 11.4 Å². The topological polar surface area (TPSA) is 66.0 Å². The predicted octanol–water partition coefficient (Wildman–Crippen LogP) is 2.82. The number of aryl methyl sites for hydroxylation is 1. The predicted molar refractivity (Wildman–Crippen MR) is 71.8 cm³/mol. The molecule has 1 aromatic carbocycles. The van der Waals surface area contributed by atoms with Gasteiger partial charge in [-0.15, -0.1) is 0 Å². The standard InChI is InChI=1S/C13H14N2O2S/c1-2-10-12(9-6-4-3-5-7-9)15-13(14-10)18-8-11(16)17/h3-7H,2,8H2,1H3,(H,14,15)(H,16,17). The highest BCUT2D eigenvalue weighted by Crippen LogP contribution is 2.25. The molecule has 0 atom stereocenters. The summed E-state index contributed by atoms with van der Waals surface area (Å²) in [6.45, 7) is 2.05. The van der Waals surface area contributed by atoms with Gasteiger partial charge in [0.1, 0.15) is 0 Å². The maximum Gasteiger partial charge on any atom is 0.313 e. The number of aromatic amines is 1. The number of carboxylic acid groups (broad SMARTS) is 1. The van der Waals surface area contributed by atoms with Crippen LogP contribution in [0.1, 0.15) is 12.6 Å². The average molecular weight is 262 g/mol. The molecule has 2 N–H and O–H groups in total. The summed E-state index contributed by atoms with van der Waals surface area (Å²) in [6, 6.07) is 9.89. The van der Waals surface area contributed by atoms with Gasteiger partial charge in [0, 0.05) is 11.3 Å². The summed E-state index contributed by atoms with van der Waals surface area (Å²) < 4.78 is 0. The van der Waals surface area contributed by atoms with Crippen LogP contribution in [0.3, 0.4) is 0 Å². The van der Waals surface area contributed by atoms with Crippen LogP contribution < -0.4 is 0 Å². The fourth-order valence-electron chi connectivity index (χ4n) is 1.67. The minimum atomic E-state index is -0.837. The number of aromatic nitrogens is 2. The molecular formula is C13H14N2O2S. The first-order chi connectivity index (χ1) is 8.70. The minimum Gasteiger partial charge on any atom is -0.481 e. The second kappa shape index (κ2) is 5.73. The van der Waals surface area contributed by atoms with E-state index in [1.807, 2.05) is 37.3 Å². The van der Waals surface area contributed by atoms with Crippen molar-refractivity contribution in [3.8, 4) is 11.3 Å². The van der Waals surface area contributed by atoms with E-state index in [1.165, 1.54) is 11.8 Å². The zero-order chi connectivity index (χ0) is 13.0. The van der Waals surface area contributed by atoms with Crippen LogP contribution in [0.25, 0.3) is 11.3 Å². The molecule has 5 heteroatoms. The fraction of sp³-hybridized carbons (Fsp3) is 0.231. The zero-order valence-electron chi connectivity index (χ0n) is 10.0. The first-order valence-corrected chi connectivity index (χ1v) is 6.68. The molecule has 0 saturated heterocycles. The third kappa shape index (κ3) is 2.92. The lowest BCUT2D eigenvalue weighted by atomic mass is 10.1. The maximum absolute atomic E-state index is 10.5. The Morgan fingerprint density at radius 2 is 2.11 bits per heavy atom. The monoisotopic (exact) mass is 262 g/mol. The summed E-state index contributed by atoms with van der Waals surface area (Å²) in [4.78, 5) is 18.2. The van der Waals surface area contributed by atoms with Gasteiger partial charge >= 0.3 is 5.97 Å². The maximum atomic E-state index is 10.5. The van der Waals surface area contributed by atoms with Crippen molar-refractivity contribution in [2.24, 2.45) is 0 Å². The van der Waals surface area contributed by atoms with E-state index in [-0.39, 0.29) is 5.75 Å². The molecule has 0 aliphatic carbocycles. The van der Waals surface area contributed by atoms with E-state index in [0.29, 0.717) is 5.16 Å². The van der Waals surface area contributed by atoms with Gasteiger partial charge in [-0.3, -0.25) is 4.79 Å². The molecule has 2 rings (SSSR count). The largest absolute Gasteiger partial charge is 0.481 e. The van der Waals surface area contributed by atoms with Crippen LogP contribution in [-0.4, -0.2) is 26.8 Å². The quantitative estimate of drug-likeness (QED) is 0.813. The highest BCUT2D eigenvalue weighted by atomic mass is 32.2. The molecule has 0 fully saturated rings. The van der Waals surface area contributed by atoms with E-state index in [4.69, 9.17) is 5.11 Å². The van der Waals surface area contributed by atoms with Crippen molar-refractivity contribution in [1.29, 1.82) is 0 Å². The summed E-state index contributed by atoms with van der Waals surface area (Å²) in [5.74, 6) is -0.819. The number of aliphatic carboxylic acids is 1. The molecule has 94 valence electrons. The Morgan fingerprint density at radius 1 is 1.39 bits per heavy atom. The number of nitrogens with zero attached hydrogens (tertiary/aromatic N) is 1. The van der Waals surface area contributed by atoms with E-state index in [9.17, 15) is 4.79 Å². The number of benzene rings is 1. The molecule has 0 bridgehead atoms. The molecule has 0 spiro atoms. The molecular weight excluding hydrogens is 248 g/mol. The molecule has 0 radical (unpaired) electrons. The van der Waals surface area contributed by atoms with Crippen LogP contribution in [-0.2, 0) is 11.2 Å². The lowest BCUT2D eigenvalue weighted by Gasteiger charge is -1.98. The van der Waals surface area contributed by atoms with Crippen LogP contribution in [0, 0.1) is 0 Å². The Bertz CT molecular complexity index is 537. The molecule has 1 heterocycles.